The van der Waals surface area contributed by atoms with Gasteiger partial charge in [0.2, 0.25) is 5.95 Å². The van der Waals surface area contributed by atoms with Crippen molar-refractivity contribution in [3.63, 3.8) is 0 Å². The lowest BCUT2D eigenvalue weighted by molar-refractivity contribution is 0.292. The van der Waals surface area contributed by atoms with Gasteiger partial charge >= 0.3 is 0 Å². The molecule has 0 radical (unpaired) electrons. The number of nitrogens with zero attached hydrogens (tertiary/aromatic N) is 5. The molecule has 160 valence electrons. The highest BCUT2D eigenvalue weighted by Gasteiger charge is 2.29. The zero-order chi connectivity index (χ0) is 21.7. The maximum absolute atomic E-state index is 9.08. The molecule has 0 atom stereocenters. The Labute approximate surface area is 175 Å². The topological polar surface area (TPSA) is 148 Å². The number of aliphatic hydroxyl groups is 1. The first-order chi connectivity index (χ1) is 14.4. The molecule has 2 heterocycles. The third-order valence-electron chi connectivity index (χ3n) is 5.13. The summed E-state index contributed by atoms with van der Waals surface area (Å²) in [5.41, 5.74) is 9.14. The van der Waals surface area contributed by atoms with Gasteiger partial charge in [-0.05, 0) is 44.4 Å². The largest absolute Gasteiger partial charge is 0.496 e. The molecule has 0 aliphatic heterocycles. The molecule has 0 saturated heterocycles. The molecular weight excluding hydrogens is 384 g/mol. The summed E-state index contributed by atoms with van der Waals surface area (Å²) in [6, 6.07) is 6.03. The second-order valence-electron chi connectivity index (χ2n) is 7.56. The number of aromatic nitrogens is 6. The Kier molecular flexibility index (Phi) is 6.46. The third-order valence-corrected chi connectivity index (χ3v) is 5.13. The molecule has 0 bridgehead atoms. The number of methoxy groups -OCH3 is 1. The SMILES string of the molecule is COc1ccc(C(C)(C)c2nn[nH]n2)cc1Cc1c(C)nc(N)nc1NCCCO. The van der Waals surface area contributed by atoms with Gasteiger partial charge < -0.3 is 20.9 Å². The van der Waals surface area contributed by atoms with Gasteiger partial charge in [0.1, 0.15) is 11.6 Å². The number of rotatable bonds is 9. The van der Waals surface area contributed by atoms with E-state index < -0.39 is 5.41 Å². The van der Waals surface area contributed by atoms with E-state index in [4.69, 9.17) is 15.6 Å². The lowest BCUT2D eigenvalue weighted by atomic mass is 9.82. The first kappa shape index (κ1) is 21.4. The van der Waals surface area contributed by atoms with Gasteiger partial charge in [0, 0.05) is 30.8 Å². The standard InChI is InChI=1S/C20H28N8O2/c1-12-15(17(22-8-5-9-29)24-19(21)23-12)11-13-10-14(6-7-16(13)30-4)20(2,3)18-25-27-28-26-18/h6-7,10,29H,5,8-9,11H2,1-4H3,(H3,21,22,23,24)(H,25,26,27,28). The summed E-state index contributed by atoms with van der Waals surface area (Å²) in [7, 11) is 1.65. The number of aromatic amines is 1. The molecule has 10 heteroatoms. The van der Waals surface area contributed by atoms with Crippen molar-refractivity contribution in [3.8, 4) is 5.75 Å². The van der Waals surface area contributed by atoms with E-state index in [1.54, 1.807) is 7.11 Å². The second kappa shape index (κ2) is 9.04. The minimum absolute atomic E-state index is 0.100. The van der Waals surface area contributed by atoms with Crippen LogP contribution in [0.1, 0.15) is 48.5 Å². The quantitative estimate of drug-likeness (QED) is 0.385. The summed E-state index contributed by atoms with van der Waals surface area (Å²) in [6.45, 7) is 6.68. The van der Waals surface area contributed by atoms with Crippen LogP contribution >= 0.6 is 0 Å². The lowest BCUT2D eigenvalue weighted by Crippen LogP contribution is -2.21. The number of nitrogens with two attached hydrogens (primary N) is 1. The molecule has 5 N–H and O–H groups in total. The van der Waals surface area contributed by atoms with Crippen molar-refractivity contribution < 1.29 is 9.84 Å². The number of anilines is 2. The van der Waals surface area contributed by atoms with Crippen molar-refractivity contribution in [2.45, 2.75) is 39.0 Å². The minimum atomic E-state index is -0.442. The van der Waals surface area contributed by atoms with Crippen molar-refractivity contribution >= 4 is 11.8 Å². The Balaban J connectivity index is 2.00. The van der Waals surface area contributed by atoms with Crippen molar-refractivity contribution in [3.05, 3.63) is 46.4 Å². The van der Waals surface area contributed by atoms with E-state index >= 15 is 0 Å². The van der Waals surface area contributed by atoms with E-state index in [-0.39, 0.29) is 12.6 Å². The predicted molar refractivity (Wildman–Crippen MR) is 113 cm³/mol. The molecule has 3 rings (SSSR count). The molecule has 30 heavy (non-hydrogen) atoms. The number of aliphatic hydroxyl groups excluding tert-OH is 1. The van der Waals surface area contributed by atoms with Gasteiger partial charge in [-0.25, -0.2) is 4.98 Å². The molecule has 0 spiro atoms. The van der Waals surface area contributed by atoms with Crippen molar-refractivity contribution in [1.29, 1.82) is 0 Å². The number of ether oxygens (including phenoxy) is 1. The summed E-state index contributed by atoms with van der Waals surface area (Å²) in [5.74, 6) is 2.25. The molecule has 0 aliphatic rings. The zero-order valence-corrected chi connectivity index (χ0v) is 17.7. The van der Waals surface area contributed by atoms with Crippen LogP contribution in [0.3, 0.4) is 0 Å². The van der Waals surface area contributed by atoms with Crippen LogP contribution < -0.4 is 15.8 Å². The average Bonchev–Trinajstić information content (AvgIpc) is 3.26. The highest BCUT2D eigenvalue weighted by atomic mass is 16.5. The Morgan fingerprint density at radius 2 is 2.07 bits per heavy atom. The molecule has 3 aromatic rings. The predicted octanol–water partition coefficient (Wildman–Crippen LogP) is 1.60. The Morgan fingerprint density at radius 3 is 2.73 bits per heavy atom. The zero-order valence-electron chi connectivity index (χ0n) is 17.7. The summed E-state index contributed by atoms with van der Waals surface area (Å²) >= 11 is 0. The number of hydrogen-bond acceptors (Lipinski definition) is 9. The smallest absolute Gasteiger partial charge is 0.222 e. The molecular formula is C20H28N8O2. The van der Waals surface area contributed by atoms with Crippen LogP contribution in [0.2, 0.25) is 0 Å². The second-order valence-corrected chi connectivity index (χ2v) is 7.56. The Morgan fingerprint density at radius 1 is 1.27 bits per heavy atom. The number of H-pyrrole nitrogens is 1. The molecule has 10 nitrogen and oxygen atoms in total. The van der Waals surface area contributed by atoms with E-state index in [1.807, 2.05) is 32.9 Å². The number of tetrazole rings is 1. The maximum Gasteiger partial charge on any atom is 0.222 e. The van der Waals surface area contributed by atoms with Gasteiger partial charge in [-0.3, -0.25) is 0 Å². The van der Waals surface area contributed by atoms with Crippen LogP contribution in [0.15, 0.2) is 18.2 Å². The van der Waals surface area contributed by atoms with Crippen LogP contribution in [-0.2, 0) is 11.8 Å². The number of aryl methyl sites for hydroxylation is 1. The van der Waals surface area contributed by atoms with Gasteiger partial charge in [0.05, 0.1) is 12.5 Å². The fourth-order valence-corrected chi connectivity index (χ4v) is 3.31. The van der Waals surface area contributed by atoms with Gasteiger partial charge in [-0.1, -0.05) is 17.3 Å². The molecule has 0 fully saturated rings. The van der Waals surface area contributed by atoms with Crippen molar-refractivity contribution in [1.82, 2.24) is 30.6 Å². The van der Waals surface area contributed by atoms with E-state index in [1.165, 1.54) is 0 Å². The fraction of sp³-hybridized carbons (Fsp3) is 0.450. The summed E-state index contributed by atoms with van der Waals surface area (Å²) in [6.07, 6.45) is 1.16. The van der Waals surface area contributed by atoms with E-state index in [9.17, 15) is 0 Å². The van der Waals surface area contributed by atoms with Gasteiger partial charge in [-0.15, -0.1) is 10.2 Å². The Hall–Kier alpha value is -3.27. The molecule has 0 amide bonds. The van der Waals surface area contributed by atoms with Crippen molar-refractivity contribution in [2.24, 2.45) is 0 Å². The molecule has 0 unspecified atom stereocenters. The van der Waals surface area contributed by atoms with Crippen LogP contribution in [-0.4, -0.2) is 56.0 Å². The third kappa shape index (κ3) is 4.48. The maximum atomic E-state index is 9.08. The highest BCUT2D eigenvalue weighted by molar-refractivity contribution is 5.54. The van der Waals surface area contributed by atoms with Crippen LogP contribution in [0, 0.1) is 6.92 Å². The summed E-state index contributed by atoms with van der Waals surface area (Å²) < 4.78 is 5.61. The van der Waals surface area contributed by atoms with Crippen LogP contribution in [0.25, 0.3) is 0 Å². The number of hydrogen-bond donors (Lipinski definition) is 4. The molecule has 1 aromatic carbocycles. The normalized spacial score (nSPS) is 11.5. The number of benzene rings is 1. The van der Waals surface area contributed by atoms with Crippen LogP contribution in [0.4, 0.5) is 11.8 Å². The fourth-order valence-electron chi connectivity index (χ4n) is 3.31. The highest BCUT2D eigenvalue weighted by Crippen LogP contribution is 2.34. The van der Waals surface area contributed by atoms with Gasteiger partial charge in [0.15, 0.2) is 5.82 Å². The van der Waals surface area contributed by atoms with Crippen molar-refractivity contribution in [2.75, 3.05) is 31.3 Å². The number of nitrogen functional groups attached to an aromatic ring is 1. The molecule has 2 aromatic heterocycles. The van der Waals surface area contributed by atoms with Gasteiger partial charge in [0.25, 0.3) is 0 Å². The van der Waals surface area contributed by atoms with E-state index in [2.05, 4.69) is 42.0 Å². The van der Waals surface area contributed by atoms with E-state index in [0.717, 1.165) is 28.1 Å². The Bertz CT molecular complexity index is 989. The molecule has 0 aliphatic carbocycles. The molecule has 0 saturated carbocycles. The number of nitrogens with one attached hydrogen (secondary N) is 2. The van der Waals surface area contributed by atoms with Crippen LogP contribution in [0.5, 0.6) is 5.75 Å². The average molecular weight is 412 g/mol. The minimum Gasteiger partial charge on any atom is -0.496 e. The summed E-state index contributed by atoms with van der Waals surface area (Å²) in [5, 5.41) is 26.9. The monoisotopic (exact) mass is 412 g/mol. The van der Waals surface area contributed by atoms with Gasteiger partial charge in [-0.2, -0.15) is 10.2 Å². The van der Waals surface area contributed by atoms with E-state index in [0.29, 0.717) is 31.0 Å². The first-order valence-corrected chi connectivity index (χ1v) is 9.75. The summed E-state index contributed by atoms with van der Waals surface area (Å²) in [4.78, 5) is 8.70. The lowest BCUT2D eigenvalue weighted by Gasteiger charge is -2.23. The first-order valence-electron chi connectivity index (χ1n) is 9.75.